The molecule has 1 aliphatic rings. The molecule has 0 radical (unpaired) electrons. The number of benzene rings is 2. The van der Waals surface area contributed by atoms with E-state index in [9.17, 15) is 13.6 Å². The predicted octanol–water partition coefficient (Wildman–Crippen LogP) is 4.56. The highest BCUT2D eigenvalue weighted by Gasteiger charge is 2.38. The van der Waals surface area contributed by atoms with Crippen molar-refractivity contribution in [3.8, 4) is 0 Å². The third-order valence-electron chi connectivity index (χ3n) is 5.12. The molecule has 1 fully saturated rings. The molecule has 154 valence electrons. The molecule has 1 saturated heterocycles. The number of rotatable bonds is 6. The molecule has 4 rings (SSSR count). The van der Waals surface area contributed by atoms with E-state index in [4.69, 9.17) is 0 Å². The Kier molecular flexibility index (Phi) is 5.35. The first-order valence-corrected chi connectivity index (χ1v) is 9.71. The maximum Gasteiger partial charge on any atom is 0.266 e. The first-order chi connectivity index (χ1) is 14.4. The van der Waals surface area contributed by atoms with Gasteiger partial charge in [-0.1, -0.05) is 24.8 Å². The molecule has 30 heavy (non-hydrogen) atoms. The van der Waals surface area contributed by atoms with Crippen molar-refractivity contribution in [2.75, 3.05) is 25.0 Å². The third-order valence-corrected chi connectivity index (χ3v) is 5.12. The molecule has 2 N–H and O–H groups in total. The van der Waals surface area contributed by atoms with Gasteiger partial charge in [-0.15, -0.1) is 0 Å². The molecule has 2 heterocycles. The Morgan fingerprint density at radius 3 is 2.67 bits per heavy atom. The van der Waals surface area contributed by atoms with Crippen LogP contribution in [0.3, 0.4) is 0 Å². The summed E-state index contributed by atoms with van der Waals surface area (Å²) >= 11 is 0. The lowest BCUT2D eigenvalue weighted by molar-refractivity contribution is 0.0150. The summed E-state index contributed by atoms with van der Waals surface area (Å²) in [6, 6.07) is 17.0. The molecular formula is C23H22F2N4O. The lowest BCUT2D eigenvalue weighted by atomic mass is 10.1. The highest BCUT2D eigenvalue weighted by Crippen LogP contribution is 2.28. The first-order valence-electron chi connectivity index (χ1n) is 9.71. The summed E-state index contributed by atoms with van der Waals surface area (Å²) in [6.07, 6.45) is 1.40. The fourth-order valence-electron chi connectivity index (χ4n) is 3.51. The van der Waals surface area contributed by atoms with Gasteiger partial charge < -0.3 is 15.5 Å². The summed E-state index contributed by atoms with van der Waals surface area (Å²) in [6.45, 7) is 3.85. The van der Waals surface area contributed by atoms with Crippen molar-refractivity contribution < 1.29 is 13.6 Å². The van der Waals surface area contributed by atoms with Crippen molar-refractivity contribution in [2.24, 2.45) is 0 Å². The van der Waals surface area contributed by atoms with Crippen LogP contribution in [0.25, 0.3) is 10.9 Å². The monoisotopic (exact) mass is 408 g/mol. The number of likely N-dealkylation sites (tertiary alicyclic amines) is 1. The second-order valence-corrected chi connectivity index (χ2v) is 7.36. The van der Waals surface area contributed by atoms with Crippen LogP contribution in [0.1, 0.15) is 16.8 Å². The maximum absolute atomic E-state index is 13.4. The number of hydrogen-bond donors (Lipinski definition) is 2. The van der Waals surface area contributed by atoms with Gasteiger partial charge in [-0.25, -0.2) is 8.78 Å². The highest BCUT2D eigenvalue weighted by molar-refractivity contribution is 6.06. The van der Waals surface area contributed by atoms with Crippen LogP contribution >= 0.6 is 0 Å². The summed E-state index contributed by atoms with van der Waals surface area (Å²) in [5.41, 5.74) is 3.46. The zero-order valence-corrected chi connectivity index (χ0v) is 16.4. The van der Waals surface area contributed by atoms with Crippen LogP contribution in [-0.2, 0) is 0 Å². The average Bonchev–Trinajstić information content (AvgIpc) is 3.11. The molecule has 0 atom stereocenters. The molecule has 7 heteroatoms. The molecule has 1 amide bonds. The van der Waals surface area contributed by atoms with Crippen molar-refractivity contribution in [1.29, 1.82) is 0 Å². The Labute approximate surface area is 173 Å². The quantitative estimate of drug-likeness (QED) is 0.628. The van der Waals surface area contributed by atoms with Crippen molar-refractivity contribution in [2.45, 2.75) is 12.3 Å². The van der Waals surface area contributed by atoms with Crippen molar-refractivity contribution in [3.63, 3.8) is 0 Å². The number of pyridine rings is 1. The smallest absolute Gasteiger partial charge is 0.266 e. The molecule has 1 aromatic heterocycles. The zero-order chi connectivity index (χ0) is 21.1. The number of nitrogens with one attached hydrogen (secondary N) is 2. The molecule has 0 bridgehead atoms. The minimum absolute atomic E-state index is 0.117. The van der Waals surface area contributed by atoms with E-state index in [1.165, 1.54) is 4.90 Å². The molecule has 0 saturated carbocycles. The van der Waals surface area contributed by atoms with Gasteiger partial charge in [-0.05, 0) is 36.4 Å². The molecule has 1 aliphatic heterocycles. The maximum atomic E-state index is 13.4. The van der Waals surface area contributed by atoms with E-state index in [2.05, 4.69) is 22.2 Å². The van der Waals surface area contributed by atoms with Crippen molar-refractivity contribution in [1.82, 2.24) is 15.2 Å². The van der Waals surface area contributed by atoms with Gasteiger partial charge in [-0.2, -0.15) is 0 Å². The number of carbonyl (C=O) groups excluding carboxylic acids is 1. The minimum Gasteiger partial charge on any atom is -0.368 e. The van der Waals surface area contributed by atoms with Crippen LogP contribution in [-0.4, -0.2) is 41.3 Å². The highest BCUT2D eigenvalue weighted by atomic mass is 19.3. The van der Waals surface area contributed by atoms with E-state index < -0.39 is 5.92 Å². The number of fused-ring (bicyclic) bond motifs is 1. The molecule has 2 aromatic carbocycles. The lowest BCUT2D eigenvalue weighted by Crippen LogP contribution is -2.33. The van der Waals surface area contributed by atoms with Crippen LogP contribution in [0.15, 0.2) is 73.1 Å². The Hall–Kier alpha value is -3.48. The molecule has 0 unspecified atom stereocenters. The molecule has 3 aromatic rings. The summed E-state index contributed by atoms with van der Waals surface area (Å²) < 4.78 is 26.8. The number of carbonyl (C=O) groups is 1. The largest absolute Gasteiger partial charge is 0.368 e. The van der Waals surface area contributed by atoms with Gasteiger partial charge in [0.05, 0.1) is 24.2 Å². The molecule has 0 aliphatic carbocycles. The van der Waals surface area contributed by atoms with Gasteiger partial charge in [0.2, 0.25) is 0 Å². The third kappa shape index (κ3) is 4.40. The summed E-state index contributed by atoms with van der Waals surface area (Å²) in [7, 11) is 0. The fourth-order valence-corrected chi connectivity index (χ4v) is 3.51. The number of nitrogens with zero attached hydrogens (tertiary/aromatic N) is 2. The second kappa shape index (κ2) is 8.10. The summed E-state index contributed by atoms with van der Waals surface area (Å²) in [4.78, 5) is 18.6. The minimum atomic E-state index is -2.69. The van der Waals surface area contributed by atoms with Gasteiger partial charge in [0.1, 0.15) is 0 Å². The Balaban J connectivity index is 1.45. The number of anilines is 2. The zero-order valence-electron chi connectivity index (χ0n) is 16.4. The van der Waals surface area contributed by atoms with E-state index in [0.717, 1.165) is 11.4 Å². The van der Waals surface area contributed by atoms with Crippen LogP contribution in [0.4, 0.5) is 20.2 Å². The Bertz CT molecular complexity index is 1090. The van der Waals surface area contributed by atoms with Gasteiger partial charge in [0.15, 0.2) is 0 Å². The van der Waals surface area contributed by atoms with E-state index in [1.54, 1.807) is 12.3 Å². The van der Waals surface area contributed by atoms with Gasteiger partial charge >= 0.3 is 0 Å². The lowest BCUT2D eigenvalue weighted by Gasteiger charge is -2.21. The van der Waals surface area contributed by atoms with Crippen LogP contribution < -0.4 is 10.6 Å². The number of alkyl halides is 2. The standard InChI is InChI=1S/C23H22F2N4O/c1-16(29-12-10-23(24,25)15-29)14-27-22(30)20-9-11-26-21-13-18(7-8-19(20)21)28-17-5-3-2-4-6-17/h2-9,11,13,28H,1,10,12,14-15H2,(H,27,30). The second-order valence-electron chi connectivity index (χ2n) is 7.36. The van der Waals surface area contributed by atoms with Gasteiger partial charge in [-0.3, -0.25) is 9.78 Å². The number of hydrogen-bond acceptors (Lipinski definition) is 4. The number of halogens is 2. The molecule has 0 spiro atoms. The van der Waals surface area contributed by atoms with Gasteiger partial charge in [0.25, 0.3) is 11.8 Å². The fraction of sp³-hybridized carbons (Fsp3) is 0.217. The number of aromatic nitrogens is 1. The Morgan fingerprint density at radius 1 is 1.13 bits per heavy atom. The normalized spacial score (nSPS) is 15.2. The van der Waals surface area contributed by atoms with E-state index >= 15 is 0 Å². The van der Waals surface area contributed by atoms with E-state index in [1.807, 2.05) is 48.5 Å². The molecular weight excluding hydrogens is 386 g/mol. The predicted molar refractivity (Wildman–Crippen MR) is 114 cm³/mol. The Morgan fingerprint density at radius 2 is 1.93 bits per heavy atom. The van der Waals surface area contributed by atoms with Crippen LogP contribution in [0.5, 0.6) is 0 Å². The molecule has 5 nitrogen and oxygen atoms in total. The van der Waals surface area contributed by atoms with Crippen LogP contribution in [0.2, 0.25) is 0 Å². The summed E-state index contributed by atoms with van der Waals surface area (Å²) in [5, 5.41) is 6.80. The first kappa shape index (κ1) is 19.8. The van der Waals surface area contributed by atoms with Crippen LogP contribution in [0, 0.1) is 0 Å². The number of amides is 1. The summed E-state index contributed by atoms with van der Waals surface area (Å²) in [5.74, 6) is -2.99. The topological polar surface area (TPSA) is 57.3 Å². The van der Waals surface area contributed by atoms with E-state index in [0.29, 0.717) is 22.2 Å². The van der Waals surface area contributed by atoms with Crippen molar-refractivity contribution in [3.05, 3.63) is 78.6 Å². The average molecular weight is 408 g/mol. The van der Waals surface area contributed by atoms with Crippen molar-refractivity contribution >= 4 is 28.2 Å². The number of para-hydroxylation sites is 1. The van der Waals surface area contributed by atoms with E-state index in [-0.39, 0.29) is 32.0 Å². The SMILES string of the molecule is C=C(CNC(=O)c1ccnc2cc(Nc3ccccc3)ccc12)N1CCC(F)(F)C1. The van der Waals surface area contributed by atoms with Gasteiger partial charge in [0, 0.05) is 41.6 Å².